The summed E-state index contributed by atoms with van der Waals surface area (Å²) in [5, 5.41) is 0. The van der Waals surface area contributed by atoms with Gasteiger partial charge in [-0.1, -0.05) is 18.6 Å². The molecule has 0 heterocycles. The summed E-state index contributed by atoms with van der Waals surface area (Å²) in [5.74, 6) is 6.28. The number of hydrogen-bond acceptors (Lipinski definition) is 3. The maximum Gasteiger partial charge on any atom is 0.234 e. The third-order valence-electron chi connectivity index (χ3n) is 4.36. The van der Waals surface area contributed by atoms with Crippen molar-refractivity contribution in [3.8, 4) is 0 Å². The number of fused-ring (bicyclic) bond motifs is 1. The molecule has 0 aliphatic heterocycles. The third kappa shape index (κ3) is 1.66. The van der Waals surface area contributed by atoms with Crippen LogP contribution in [0.1, 0.15) is 32.6 Å². The van der Waals surface area contributed by atoms with E-state index < -0.39 is 0 Å². The van der Waals surface area contributed by atoms with E-state index in [-0.39, 0.29) is 11.3 Å². The van der Waals surface area contributed by atoms with Crippen LogP contribution in [-0.2, 0) is 4.79 Å². The molecular formula is C12H21N3O. The highest BCUT2D eigenvalue weighted by atomic mass is 16.2. The number of nitrogens with two attached hydrogens (primary N) is 2. The first-order valence-electron chi connectivity index (χ1n) is 6.04. The second-order valence-corrected chi connectivity index (χ2v) is 5.18. The molecule has 2 rings (SSSR count). The number of rotatable bonds is 4. The molecular weight excluding hydrogens is 202 g/mol. The van der Waals surface area contributed by atoms with Gasteiger partial charge in [0.05, 0.1) is 0 Å². The van der Waals surface area contributed by atoms with E-state index in [1.54, 1.807) is 0 Å². The van der Waals surface area contributed by atoms with Gasteiger partial charge in [0.15, 0.2) is 0 Å². The topological polar surface area (TPSA) is 81.1 Å². The van der Waals surface area contributed by atoms with Crippen molar-refractivity contribution in [2.24, 2.45) is 28.8 Å². The summed E-state index contributed by atoms with van der Waals surface area (Å²) in [6.07, 6.45) is 6.21. The van der Waals surface area contributed by atoms with Crippen molar-refractivity contribution in [2.75, 3.05) is 6.54 Å². The zero-order valence-corrected chi connectivity index (χ0v) is 9.83. The summed E-state index contributed by atoms with van der Waals surface area (Å²) in [7, 11) is 0. The first kappa shape index (κ1) is 11.6. The largest absolute Gasteiger partial charge is 0.330 e. The van der Waals surface area contributed by atoms with Crippen LogP contribution in [0.5, 0.6) is 0 Å². The number of hydrazine groups is 1. The van der Waals surface area contributed by atoms with Gasteiger partial charge in [-0.05, 0) is 43.1 Å². The van der Waals surface area contributed by atoms with Crippen LogP contribution in [0.3, 0.4) is 0 Å². The van der Waals surface area contributed by atoms with Gasteiger partial charge in [0.25, 0.3) is 0 Å². The fraction of sp³-hybridized carbons (Fsp3) is 0.750. The molecule has 16 heavy (non-hydrogen) atoms. The Morgan fingerprint density at radius 1 is 1.69 bits per heavy atom. The van der Waals surface area contributed by atoms with Gasteiger partial charge in [-0.15, -0.1) is 0 Å². The highest BCUT2D eigenvalue weighted by Crippen LogP contribution is 2.59. The molecule has 5 N–H and O–H groups in total. The predicted octanol–water partition coefficient (Wildman–Crippen LogP) is 0.688. The Bertz CT molecular complexity index is 326. The highest BCUT2D eigenvalue weighted by Gasteiger charge is 2.54. The zero-order valence-electron chi connectivity index (χ0n) is 9.83. The predicted molar refractivity (Wildman–Crippen MR) is 63.0 cm³/mol. The summed E-state index contributed by atoms with van der Waals surface area (Å²) in [5.41, 5.74) is 9.58. The van der Waals surface area contributed by atoms with Gasteiger partial charge in [0.2, 0.25) is 5.91 Å². The lowest BCUT2D eigenvalue weighted by molar-refractivity contribution is -0.127. The summed E-state index contributed by atoms with van der Waals surface area (Å²) < 4.78 is 0. The van der Waals surface area contributed by atoms with Gasteiger partial charge in [-0.2, -0.15) is 0 Å². The number of amides is 1. The molecule has 0 aromatic carbocycles. The molecule has 90 valence electrons. The first-order valence-corrected chi connectivity index (χ1v) is 6.04. The summed E-state index contributed by atoms with van der Waals surface area (Å²) >= 11 is 0. The van der Waals surface area contributed by atoms with Crippen LogP contribution in [0, 0.1) is 17.3 Å². The van der Waals surface area contributed by atoms with Crippen molar-refractivity contribution >= 4 is 5.91 Å². The van der Waals surface area contributed by atoms with Crippen LogP contribution in [0.15, 0.2) is 11.6 Å². The number of nitrogens with one attached hydrogen (secondary N) is 1. The lowest BCUT2D eigenvalue weighted by atomic mass is 9.53. The average molecular weight is 223 g/mol. The Balaban J connectivity index is 2.08. The van der Waals surface area contributed by atoms with Crippen molar-refractivity contribution in [1.29, 1.82) is 0 Å². The van der Waals surface area contributed by atoms with E-state index in [0.717, 1.165) is 18.8 Å². The summed E-state index contributed by atoms with van der Waals surface area (Å²) in [6, 6.07) is 0. The molecule has 0 aromatic heterocycles. The minimum absolute atomic E-state index is 0.0228. The number of carbonyl (C=O) groups is 1. The van der Waals surface area contributed by atoms with Crippen LogP contribution in [0.4, 0.5) is 0 Å². The molecule has 0 radical (unpaired) electrons. The Morgan fingerprint density at radius 3 is 3.00 bits per heavy atom. The van der Waals surface area contributed by atoms with Crippen molar-refractivity contribution in [1.82, 2.24) is 5.43 Å². The van der Waals surface area contributed by atoms with E-state index in [1.165, 1.54) is 12.0 Å². The molecule has 1 amide bonds. The second kappa shape index (κ2) is 4.18. The molecule has 4 nitrogen and oxygen atoms in total. The van der Waals surface area contributed by atoms with Gasteiger partial charge in [0.1, 0.15) is 0 Å². The molecule has 0 bridgehead atoms. The first-order chi connectivity index (χ1) is 7.65. The van der Waals surface area contributed by atoms with Crippen molar-refractivity contribution in [3.05, 3.63) is 11.6 Å². The smallest absolute Gasteiger partial charge is 0.234 e. The SMILES string of the molecule is CCC1=C[C@@H]2[C@H](C1)C[C@]2(CN)CC(=O)NN. The minimum atomic E-state index is -0.0951. The number of hydrogen-bond donors (Lipinski definition) is 3. The monoisotopic (exact) mass is 223 g/mol. The van der Waals surface area contributed by atoms with Crippen molar-refractivity contribution < 1.29 is 4.79 Å². The maximum absolute atomic E-state index is 11.4. The van der Waals surface area contributed by atoms with Gasteiger partial charge in [0, 0.05) is 6.42 Å². The molecule has 0 saturated heterocycles. The molecule has 0 spiro atoms. The third-order valence-corrected chi connectivity index (χ3v) is 4.36. The normalized spacial score (nSPS) is 36.3. The summed E-state index contributed by atoms with van der Waals surface area (Å²) in [4.78, 5) is 11.4. The minimum Gasteiger partial charge on any atom is -0.330 e. The Labute approximate surface area is 96.4 Å². The average Bonchev–Trinajstić information content (AvgIpc) is 2.64. The van der Waals surface area contributed by atoms with Gasteiger partial charge in [-0.3, -0.25) is 10.2 Å². The van der Waals surface area contributed by atoms with E-state index in [9.17, 15) is 4.79 Å². The van der Waals surface area contributed by atoms with Gasteiger partial charge in [-0.25, -0.2) is 5.84 Å². The second-order valence-electron chi connectivity index (χ2n) is 5.18. The van der Waals surface area contributed by atoms with E-state index in [4.69, 9.17) is 11.6 Å². The van der Waals surface area contributed by atoms with Gasteiger partial charge < -0.3 is 5.73 Å². The van der Waals surface area contributed by atoms with Crippen LogP contribution >= 0.6 is 0 Å². The molecule has 1 saturated carbocycles. The molecule has 1 fully saturated rings. The van der Waals surface area contributed by atoms with E-state index in [1.807, 2.05) is 0 Å². The van der Waals surface area contributed by atoms with Crippen molar-refractivity contribution in [3.63, 3.8) is 0 Å². The zero-order chi connectivity index (χ0) is 11.8. The fourth-order valence-electron chi connectivity index (χ4n) is 3.41. The Kier molecular flexibility index (Phi) is 3.04. The van der Waals surface area contributed by atoms with Crippen LogP contribution in [0.25, 0.3) is 0 Å². The fourth-order valence-corrected chi connectivity index (χ4v) is 3.41. The lowest BCUT2D eigenvalue weighted by Crippen LogP contribution is -2.53. The number of allylic oxidation sites excluding steroid dienone is 2. The van der Waals surface area contributed by atoms with Crippen molar-refractivity contribution in [2.45, 2.75) is 32.6 Å². The standard InChI is InChI=1S/C12H21N3O/c1-2-8-3-9-5-12(7-13,10(9)4-8)6-11(16)15-14/h4,9-10H,2-3,5-7,13-14H2,1H3,(H,15,16)/t9-,10-,12-/m1/s1. The van der Waals surface area contributed by atoms with Crippen LogP contribution in [-0.4, -0.2) is 12.5 Å². The quantitative estimate of drug-likeness (QED) is 0.284. The molecule has 3 atom stereocenters. The molecule has 2 aliphatic carbocycles. The maximum atomic E-state index is 11.4. The van der Waals surface area contributed by atoms with E-state index >= 15 is 0 Å². The number of carbonyl (C=O) groups excluding carboxylic acids is 1. The van der Waals surface area contributed by atoms with E-state index in [0.29, 0.717) is 18.9 Å². The highest BCUT2D eigenvalue weighted by molar-refractivity contribution is 5.76. The van der Waals surface area contributed by atoms with Crippen LogP contribution < -0.4 is 17.0 Å². The Hall–Kier alpha value is -0.870. The molecule has 0 aromatic rings. The lowest BCUT2D eigenvalue weighted by Gasteiger charge is -2.51. The van der Waals surface area contributed by atoms with E-state index in [2.05, 4.69) is 18.4 Å². The molecule has 0 unspecified atom stereocenters. The Morgan fingerprint density at radius 2 is 2.44 bits per heavy atom. The molecule has 4 heteroatoms. The molecule has 2 aliphatic rings. The van der Waals surface area contributed by atoms with Crippen LogP contribution in [0.2, 0.25) is 0 Å². The summed E-state index contributed by atoms with van der Waals surface area (Å²) in [6.45, 7) is 2.77. The van der Waals surface area contributed by atoms with Gasteiger partial charge >= 0.3 is 0 Å².